The fourth-order valence-electron chi connectivity index (χ4n) is 1.82. The predicted molar refractivity (Wildman–Crippen MR) is 54.7 cm³/mol. The maximum absolute atomic E-state index is 11.7. The molecule has 3 N–H and O–H groups in total. The summed E-state index contributed by atoms with van der Waals surface area (Å²) >= 11 is 0. The number of β-amino-alcohol motifs (C(OH)–C–C–N with tert-alkyl or cyclic N) is 1. The molecule has 1 aliphatic heterocycles. The number of likely N-dealkylation sites (tertiary alicyclic amines) is 1. The summed E-state index contributed by atoms with van der Waals surface area (Å²) in [6, 6.07) is -0.413. The second-order valence-electron chi connectivity index (χ2n) is 4.38. The SMILES string of the molecule is CCC(N)C(=O)N1CCCC(C)(O)C1. The first-order chi connectivity index (χ1) is 6.46. The predicted octanol–water partition coefficient (Wildman–Crippen LogP) is 0.0971. The third-order valence-corrected chi connectivity index (χ3v) is 2.74. The first-order valence-electron chi connectivity index (χ1n) is 5.23. The number of nitrogens with zero attached hydrogens (tertiary/aromatic N) is 1. The van der Waals surface area contributed by atoms with Crippen LogP contribution in [0.1, 0.15) is 33.1 Å². The zero-order valence-electron chi connectivity index (χ0n) is 8.99. The van der Waals surface area contributed by atoms with Crippen LogP contribution >= 0.6 is 0 Å². The summed E-state index contributed by atoms with van der Waals surface area (Å²) in [7, 11) is 0. The van der Waals surface area contributed by atoms with E-state index < -0.39 is 11.6 Å². The summed E-state index contributed by atoms with van der Waals surface area (Å²) in [6.07, 6.45) is 2.27. The minimum atomic E-state index is -0.735. The lowest BCUT2D eigenvalue weighted by molar-refractivity contribution is -0.138. The zero-order chi connectivity index (χ0) is 10.8. The van der Waals surface area contributed by atoms with E-state index in [4.69, 9.17) is 5.73 Å². The molecule has 0 spiro atoms. The number of carbonyl (C=O) groups excluding carboxylic acids is 1. The van der Waals surface area contributed by atoms with Gasteiger partial charge in [0, 0.05) is 13.1 Å². The van der Waals surface area contributed by atoms with E-state index in [-0.39, 0.29) is 5.91 Å². The molecule has 1 saturated heterocycles. The lowest BCUT2D eigenvalue weighted by Crippen LogP contribution is -2.53. The van der Waals surface area contributed by atoms with Crippen LogP contribution in [0.2, 0.25) is 0 Å². The van der Waals surface area contributed by atoms with Crippen molar-refractivity contribution in [2.24, 2.45) is 5.73 Å². The molecule has 1 amide bonds. The highest BCUT2D eigenvalue weighted by atomic mass is 16.3. The second-order valence-corrected chi connectivity index (χ2v) is 4.38. The maximum atomic E-state index is 11.7. The molecule has 2 atom stereocenters. The van der Waals surface area contributed by atoms with Crippen LogP contribution in [0.15, 0.2) is 0 Å². The molecule has 0 bridgehead atoms. The van der Waals surface area contributed by atoms with Crippen LogP contribution < -0.4 is 5.73 Å². The Morgan fingerprint density at radius 3 is 2.86 bits per heavy atom. The Kier molecular flexibility index (Phi) is 3.50. The van der Waals surface area contributed by atoms with E-state index >= 15 is 0 Å². The van der Waals surface area contributed by atoms with Crippen molar-refractivity contribution in [1.29, 1.82) is 0 Å². The second kappa shape index (κ2) is 4.28. The molecule has 4 heteroatoms. The summed E-state index contributed by atoms with van der Waals surface area (Å²) in [5.41, 5.74) is 4.93. The molecule has 0 aromatic rings. The van der Waals surface area contributed by atoms with E-state index in [0.29, 0.717) is 13.0 Å². The first kappa shape index (κ1) is 11.5. The number of rotatable bonds is 2. The lowest BCUT2D eigenvalue weighted by Gasteiger charge is -2.37. The Bertz CT molecular complexity index is 216. The minimum absolute atomic E-state index is 0.0347. The molecular formula is C10H20N2O2. The maximum Gasteiger partial charge on any atom is 0.239 e. The van der Waals surface area contributed by atoms with Gasteiger partial charge in [-0.1, -0.05) is 6.92 Å². The molecule has 0 aliphatic carbocycles. The van der Waals surface area contributed by atoms with Gasteiger partial charge in [-0.05, 0) is 26.2 Å². The van der Waals surface area contributed by atoms with Gasteiger partial charge >= 0.3 is 0 Å². The summed E-state index contributed by atoms with van der Waals surface area (Å²) in [6.45, 7) is 4.80. The molecule has 0 aromatic heterocycles. The highest BCUT2D eigenvalue weighted by molar-refractivity contribution is 5.81. The molecular weight excluding hydrogens is 180 g/mol. The highest BCUT2D eigenvalue weighted by Crippen LogP contribution is 2.20. The fraction of sp³-hybridized carbons (Fsp3) is 0.900. The summed E-state index contributed by atoms with van der Waals surface area (Å²) in [4.78, 5) is 13.4. The van der Waals surface area contributed by atoms with Crippen LogP contribution in [0.25, 0.3) is 0 Å². The molecule has 1 aliphatic rings. The van der Waals surface area contributed by atoms with Gasteiger partial charge in [0.2, 0.25) is 5.91 Å². The number of piperidine rings is 1. The third-order valence-electron chi connectivity index (χ3n) is 2.74. The van der Waals surface area contributed by atoms with Crippen LogP contribution in [0.4, 0.5) is 0 Å². The van der Waals surface area contributed by atoms with Crippen LogP contribution in [0.3, 0.4) is 0 Å². The normalized spacial score (nSPS) is 30.1. The van der Waals surface area contributed by atoms with E-state index in [1.165, 1.54) is 0 Å². The molecule has 1 heterocycles. The van der Waals surface area contributed by atoms with Gasteiger partial charge in [-0.3, -0.25) is 4.79 Å². The molecule has 1 fully saturated rings. The van der Waals surface area contributed by atoms with Gasteiger partial charge in [-0.25, -0.2) is 0 Å². The summed E-state index contributed by atoms with van der Waals surface area (Å²) in [5.74, 6) is -0.0347. The van der Waals surface area contributed by atoms with E-state index in [9.17, 15) is 9.90 Å². The summed E-state index contributed by atoms with van der Waals surface area (Å²) in [5, 5.41) is 9.81. The Morgan fingerprint density at radius 2 is 2.36 bits per heavy atom. The standard InChI is InChI=1S/C10H20N2O2/c1-3-8(11)9(13)12-6-4-5-10(2,14)7-12/h8,14H,3-7,11H2,1-2H3. The fourth-order valence-corrected chi connectivity index (χ4v) is 1.82. The number of carbonyl (C=O) groups is 1. The minimum Gasteiger partial charge on any atom is -0.388 e. The molecule has 2 unspecified atom stereocenters. The monoisotopic (exact) mass is 200 g/mol. The van der Waals surface area contributed by atoms with Crippen molar-refractivity contribution in [3.05, 3.63) is 0 Å². The summed E-state index contributed by atoms with van der Waals surface area (Å²) < 4.78 is 0. The van der Waals surface area contributed by atoms with E-state index in [2.05, 4.69) is 0 Å². The smallest absolute Gasteiger partial charge is 0.239 e. The van der Waals surface area contributed by atoms with Gasteiger partial charge in [0.05, 0.1) is 11.6 Å². The van der Waals surface area contributed by atoms with Crippen molar-refractivity contribution in [2.45, 2.75) is 44.8 Å². The number of amides is 1. The van der Waals surface area contributed by atoms with Crippen LogP contribution in [0, 0.1) is 0 Å². The van der Waals surface area contributed by atoms with Gasteiger partial charge < -0.3 is 15.7 Å². The molecule has 0 aromatic carbocycles. The first-order valence-corrected chi connectivity index (χ1v) is 5.23. The third kappa shape index (κ3) is 2.69. The molecule has 1 rings (SSSR count). The van der Waals surface area contributed by atoms with Crippen LogP contribution in [-0.4, -0.2) is 40.6 Å². The molecule has 82 valence electrons. The van der Waals surface area contributed by atoms with Crippen molar-refractivity contribution >= 4 is 5.91 Å². The van der Waals surface area contributed by atoms with E-state index in [0.717, 1.165) is 19.4 Å². The van der Waals surface area contributed by atoms with Crippen LogP contribution in [0.5, 0.6) is 0 Å². The molecule has 0 radical (unpaired) electrons. The Balaban J connectivity index is 2.56. The van der Waals surface area contributed by atoms with Crippen molar-refractivity contribution in [1.82, 2.24) is 4.90 Å². The Morgan fingerprint density at radius 1 is 1.71 bits per heavy atom. The Hall–Kier alpha value is -0.610. The van der Waals surface area contributed by atoms with Crippen molar-refractivity contribution in [2.75, 3.05) is 13.1 Å². The van der Waals surface area contributed by atoms with Crippen molar-refractivity contribution < 1.29 is 9.90 Å². The quantitative estimate of drug-likeness (QED) is 0.664. The van der Waals surface area contributed by atoms with Gasteiger partial charge in [0.1, 0.15) is 0 Å². The lowest BCUT2D eigenvalue weighted by atomic mass is 9.94. The largest absolute Gasteiger partial charge is 0.388 e. The van der Waals surface area contributed by atoms with Gasteiger partial charge in [0.25, 0.3) is 0 Å². The number of aliphatic hydroxyl groups is 1. The number of hydrogen-bond donors (Lipinski definition) is 2. The number of nitrogens with two attached hydrogens (primary N) is 1. The average Bonchev–Trinajstić information content (AvgIpc) is 2.14. The molecule has 4 nitrogen and oxygen atoms in total. The van der Waals surface area contributed by atoms with Gasteiger partial charge in [-0.15, -0.1) is 0 Å². The molecule has 14 heavy (non-hydrogen) atoms. The Labute approximate surface area is 85.1 Å². The average molecular weight is 200 g/mol. The van der Waals surface area contributed by atoms with Crippen LogP contribution in [-0.2, 0) is 4.79 Å². The van der Waals surface area contributed by atoms with Crippen molar-refractivity contribution in [3.63, 3.8) is 0 Å². The highest BCUT2D eigenvalue weighted by Gasteiger charge is 2.32. The van der Waals surface area contributed by atoms with E-state index in [1.54, 1.807) is 11.8 Å². The van der Waals surface area contributed by atoms with Gasteiger partial charge in [-0.2, -0.15) is 0 Å². The zero-order valence-corrected chi connectivity index (χ0v) is 8.99. The van der Waals surface area contributed by atoms with Gasteiger partial charge in [0.15, 0.2) is 0 Å². The van der Waals surface area contributed by atoms with Crippen molar-refractivity contribution in [3.8, 4) is 0 Å². The van der Waals surface area contributed by atoms with E-state index in [1.807, 2.05) is 6.92 Å². The topological polar surface area (TPSA) is 66.6 Å². The number of hydrogen-bond acceptors (Lipinski definition) is 3. The molecule has 0 saturated carbocycles.